The van der Waals surface area contributed by atoms with Gasteiger partial charge in [0, 0.05) is 32.1 Å². The molecule has 3 atom stereocenters. The Bertz CT molecular complexity index is 1380. The van der Waals surface area contributed by atoms with Crippen molar-refractivity contribution in [2.75, 3.05) is 33.3 Å². The highest BCUT2D eigenvalue weighted by Crippen LogP contribution is 2.44. The smallest absolute Gasteiger partial charge is 0.407 e. The third-order valence-electron chi connectivity index (χ3n) is 8.62. The van der Waals surface area contributed by atoms with Gasteiger partial charge in [0.15, 0.2) is 0 Å². The summed E-state index contributed by atoms with van der Waals surface area (Å²) in [6, 6.07) is 25.2. The second kappa shape index (κ2) is 11.7. The lowest BCUT2D eigenvalue weighted by Gasteiger charge is -2.28. The molecule has 8 nitrogen and oxygen atoms in total. The maximum absolute atomic E-state index is 13.7. The minimum Gasteiger partial charge on any atom is -0.481 e. The fourth-order valence-corrected chi connectivity index (χ4v) is 6.05. The summed E-state index contributed by atoms with van der Waals surface area (Å²) in [6.07, 6.45) is -0.674. The molecule has 0 radical (unpaired) electrons. The van der Waals surface area contributed by atoms with E-state index in [0.29, 0.717) is 13.1 Å². The lowest BCUT2D eigenvalue weighted by atomic mass is 9.81. The minimum atomic E-state index is -1.04. The van der Waals surface area contributed by atoms with Gasteiger partial charge in [-0.15, -0.1) is 0 Å². The maximum atomic E-state index is 13.7. The van der Waals surface area contributed by atoms with E-state index in [0.717, 1.165) is 27.8 Å². The molecule has 8 heteroatoms. The van der Waals surface area contributed by atoms with Gasteiger partial charge in [-0.2, -0.15) is 0 Å². The number of aliphatic carboxylic acids is 1. The van der Waals surface area contributed by atoms with E-state index in [1.165, 1.54) is 0 Å². The highest BCUT2D eigenvalue weighted by atomic mass is 16.5. The molecule has 0 bridgehead atoms. The van der Waals surface area contributed by atoms with Gasteiger partial charge >= 0.3 is 12.1 Å². The Kier molecular flexibility index (Phi) is 8.13. The fraction of sp³-hybridized carbons (Fsp3) is 0.364. The van der Waals surface area contributed by atoms with E-state index in [9.17, 15) is 19.5 Å². The Labute approximate surface area is 240 Å². The van der Waals surface area contributed by atoms with Crippen LogP contribution < -0.4 is 5.32 Å². The number of carboxylic acids is 1. The zero-order valence-corrected chi connectivity index (χ0v) is 23.7. The van der Waals surface area contributed by atoms with E-state index >= 15 is 0 Å². The molecule has 1 unspecified atom stereocenters. The van der Waals surface area contributed by atoms with Crippen molar-refractivity contribution in [3.05, 3.63) is 95.6 Å². The minimum absolute atomic E-state index is 0.0909. The SMILES string of the molecule is C[C@@H]1CN(C(=O)C(CN(C)Cc2ccccc2)NC(=O)OCC2c3ccccc3-c3ccccc32)C[C@@]1(C)C(=O)O. The van der Waals surface area contributed by atoms with Crippen molar-refractivity contribution < 1.29 is 24.2 Å². The molecule has 1 saturated heterocycles. The topological polar surface area (TPSA) is 99.2 Å². The van der Waals surface area contributed by atoms with Gasteiger partial charge < -0.3 is 20.1 Å². The fourth-order valence-electron chi connectivity index (χ4n) is 6.05. The number of benzene rings is 3. The third-order valence-corrected chi connectivity index (χ3v) is 8.62. The Balaban J connectivity index is 1.29. The van der Waals surface area contributed by atoms with Crippen molar-refractivity contribution >= 4 is 18.0 Å². The molecule has 0 spiro atoms. The number of nitrogens with one attached hydrogen (secondary N) is 1. The summed E-state index contributed by atoms with van der Waals surface area (Å²) in [5, 5.41) is 12.6. The van der Waals surface area contributed by atoms with E-state index in [1.54, 1.807) is 11.8 Å². The number of rotatable bonds is 9. The molecular formula is C33H37N3O5. The first-order valence-corrected chi connectivity index (χ1v) is 14.0. The monoisotopic (exact) mass is 555 g/mol. The summed E-state index contributed by atoms with van der Waals surface area (Å²) in [5.41, 5.74) is 4.52. The molecule has 1 fully saturated rings. The van der Waals surface area contributed by atoms with E-state index < -0.39 is 23.5 Å². The number of alkyl carbamates (subject to hydrolysis) is 1. The highest BCUT2D eigenvalue weighted by Gasteiger charge is 2.49. The van der Waals surface area contributed by atoms with Crippen molar-refractivity contribution in [1.82, 2.24) is 15.1 Å². The first kappa shape index (κ1) is 28.4. The van der Waals surface area contributed by atoms with Crippen LogP contribution in [0.4, 0.5) is 4.79 Å². The van der Waals surface area contributed by atoms with Crippen LogP contribution in [0.5, 0.6) is 0 Å². The molecule has 1 aliphatic heterocycles. The molecule has 0 aromatic heterocycles. The van der Waals surface area contributed by atoms with E-state index in [4.69, 9.17) is 4.74 Å². The number of hydrogen-bond acceptors (Lipinski definition) is 5. The van der Waals surface area contributed by atoms with Gasteiger partial charge in [0.05, 0.1) is 5.41 Å². The summed E-state index contributed by atoms with van der Waals surface area (Å²) in [7, 11) is 1.89. The van der Waals surface area contributed by atoms with Crippen LogP contribution in [0.15, 0.2) is 78.9 Å². The average Bonchev–Trinajstić information content (AvgIpc) is 3.46. The Morgan fingerprint density at radius 1 is 1.00 bits per heavy atom. The van der Waals surface area contributed by atoms with Crippen molar-refractivity contribution in [3.63, 3.8) is 0 Å². The number of fused-ring (bicyclic) bond motifs is 3. The number of amides is 2. The summed E-state index contributed by atoms with van der Waals surface area (Å²) >= 11 is 0. The van der Waals surface area contributed by atoms with Crippen molar-refractivity contribution in [1.29, 1.82) is 0 Å². The Morgan fingerprint density at radius 2 is 1.59 bits per heavy atom. The lowest BCUT2D eigenvalue weighted by Crippen LogP contribution is -2.53. The zero-order valence-electron chi connectivity index (χ0n) is 23.7. The lowest BCUT2D eigenvalue weighted by molar-refractivity contribution is -0.149. The number of carbonyl (C=O) groups is 3. The van der Waals surface area contributed by atoms with Crippen LogP contribution in [0.2, 0.25) is 0 Å². The summed E-state index contributed by atoms with van der Waals surface area (Å²) in [6.45, 7) is 4.88. The second-order valence-corrected chi connectivity index (χ2v) is 11.5. The Hall–Kier alpha value is -4.17. The molecule has 5 rings (SSSR count). The molecule has 2 amide bonds. The van der Waals surface area contributed by atoms with Gasteiger partial charge in [0.2, 0.25) is 5.91 Å². The van der Waals surface area contributed by atoms with Gasteiger partial charge in [-0.1, -0.05) is 85.8 Å². The van der Waals surface area contributed by atoms with Crippen molar-refractivity contribution in [3.8, 4) is 11.1 Å². The van der Waals surface area contributed by atoms with Crippen LogP contribution in [0.3, 0.4) is 0 Å². The number of carboxylic acid groups (broad SMARTS) is 1. The maximum Gasteiger partial charge on any atom is 0.407 e. The predicted molar refractivity (Wildman–Crippen MR) is 156 cm³/mol. The zero-order chi connectivity index (χ0) is 29.1. The number of likely N-dealkylation sites (tertiary alicyclic amines) is 1. The normalized spacial score (nSPS) is 20.4. The number of likely N-dealkylation sites (N-methyl/N-ethyl adjacent to an activating group) is 1. The summed E-state index contributed by atoms with van der Waals surface area (Å²) in [5.74, 6) is -1.56. The molecule has 214 valence electrons. The third kappa shape index (κ3) is 5.84. The molecule has 3 aromatic carbocycles. The standard InChI is InChI=1S/C33H37N3O5/c1-22-17-36(21-33(22,2)31(38)39)30(37)29(19-35(3)18-23-11-5-4-6-12-23)34-32(40)41-20-28-26-15-9-7-13-24(26)25-14-8-10-16-27(25)28/h4-16,22,28-29H,17-21H2,1-3H3,(H,34,40)(H,38,39)/t22-,29?,33-/m1/s1. The number of ether oxygens (including phenoxy) is 1. The highest BCUT2D eigenvalue weighted by molar-refractivity contribution is 5.87. The van der Waals surface area contributed by atoms with Crippen LogP contribution in [-0.4, -0.2) is 72.2 Å². The van der Waals surface area contributed by atoms with Crippen LogP contribution >= 0.6 is 0 Å². The van der Waals surface area contributed by atoms with Crippen LogP contribution in [0.1, 0.15) is 36.5 Å². The van der Waals surface area contributed by atoms with Crippen LogP contribution in [0.25, 0.3) is 11.1 Å². The average molecular weight is 556 g/mol. The van der Waals surface area contributed by atoms with Gasteiger partial charge in [0.25, 0.3) is 0 Å². The van der Waals surface area contributed by atoms with Gasteiger partial charge in [0.1, 0.15) is 12.6 Å². The van der Waals surface area contributed by atoms with Crippen molar-refractivity contribution in [2.24, 2.45) is 11.3 Å². The van der Waals surface area contributed by atoms with Crippen LogP contribution in [0, 0.1) is 11.3 Å². The first-order chi connectivity index (χ1) is 19.7. The molecule has 1 aliphatic carbocycles. The van der Waals surface area contributed by atoms with Gasteiger partial charge in [-0.25, -0.2) is 4.79 Å². The van der Waals surface area contributed by atoms with E-state index in [-0.39, 0.29) is 37.4 Å². The Morgan fingerprint density at radius 3 is 2.17 bits per heavy atom. The molecule has 41 heavy (non-hydrogen) atoms. The molecule has 1 heterocycles. The van der Waals surface area contributed by atoms with Gasteiger partial charge in [-0.3, -0.25) is 14.5 Å². The van der Waals surface area contributed by atoms with E-state index in [1.807, 2.05) is 73.5 Å². The predicted octanol–water partition coefficient (Wildman–Crippen LogP) is 4.59. The number of hydrogen-bond donors (Lipinski definition) is 2. The number of nitrogens with zero attached hydrogens (tertiary/aromatic N) is 2. The molecule has 2 N–H and O–H groups in total. The molecule has 3 aromatic rings. The van der Waals surface area contributed by atoms with Crippen molar-refractivity contribution in [2.45, 2.75) is 32.4 Å². The second-order valence-electron chi connectivity index (χ2n) is 11.5. The quantitative estimate of drug-likeness (QED) is 0.401. The van der Waals surface area contributed by atoms with Gasteiger partial charge in [-0.05, 0) is 47.7 Å². The summed E-state index contributed by atoms with van der Waals surface area (Å²) < 4.78 is 5.75. The molecule has 2 aliphatic rings. The first-order valence-electron chi connectivity index (χ1n) is 14.0. The summed E-state index contributed by atoms with van der Waals surface area (Å²) in [4.78, 5) is 42.4. The molecule has 0 saturated carbocycles. The van der Waals surface area contributed by atoms with E-state index in [2.05, 4.69) is 29.6 Å². The molecular weight excluding hydrogens is 518 g/mol. The largest absolute Gasteiger partial charge is 0.481 e. The van der Waals surface area contributed by atoms with Crippen LogP contribution in [-0.2, 0) is 20.9 Å². The number of carbonyl (C=O) groups excluding carboxylic acids is 2.